The molecule has 0 spiro atoms. The van der Waals surface area contributed by atoms with E-state index < -0.39 is 23.7 Å². The molecule has 166 valence electrons. The van der Waals surface area contributed by atoms with Crippen molar-refractivity contribution in [3.8, 4) is 0 Å². The van der Waals surface area contributed by atoms with E-state index >= 15 is 0 Å². The summed E-state index contributed by atoms with van der Waals surface area (Å²) in [4.78, 5) is 32.4. The first kappa shape index (κ1) is 21.7. The zero-order valence-corrected chi connectivity index (χ0v) is 17.5. The van der Waals surface area contributed by atoms with Gasteiger partial charge in [-0.3, -0.25) is 14.6 Å². The Morgan fingerprint density at radius 2 is 1.76 bits per heavy atom. The number of nitrogens with zero attached hydrogens (tertiary/aromatic N) is 2. The molecule has 9 heteroatoms. The molecule has 4 rings (SSSR count). The number of carbonyl (C=O) groups is 2. The predicted molar refractivity (Wildman–Crippen MR) is 124 cm³/mol. The molecule has 6 N–H and O–H groups in total. The Morgan fingerprint density at radius 3 is 2.48 bits per heavy atom. The van der Waals surface area contributed by atoms with Crippen molar-refractivity contribution in [1.82, 2.24) is 9.97 Å². The quantitative estimate of drug-likeness (QED) is 0.330. The van der Waals surface area contributed by atoms with E-state index in [4.69, 9.17) is 11.5 Å². The molecule has 0 radical (unpaired) electrons. The van der Waals surface area contributed by atoms with E-state index in [1.807, 2.05) is 42.5 Å². The van der Waals surface area contributed by atoms with Gasteiger partial charge >= 0.3 is 0 Å². The second-order valence-corrected chi connectivity index (χ2v) is 7.40. The minimum absolute atomic E-state index is 0.0394. The van der Waals surface area contributed by atoms with Crippen molar-refractivity contribution in [1.29, 1.82) is 0 Å². The van der Waals surface area contributed by atoms with E-state index in [0.29, 0.717) is 5.69 Å². The van der Waals surface area contributed by atoms with Gasteiger partial charge in [0, 0.05) is 23.7 Å². The smallest absolute Gasteiger partial charge is 0.252 e. The molecule has 0 aliphatic rings. The molecule has 2 heterocycles. The highest BCUT2D eigenvalue weighted by atomic mass is 19.1. The Labute approximate surface area is 188 Å². The van der Waals surface area contributed by atoms with E-state index in [1.165, 1.54) is 0 Å². The maximum atomic E-state index is 14.8. The minimum Gasteiger partial charge on any atom is -0.368 e. The number of pyridine rings is 2. The van der Waals surface area contributed by atoms with E-state index in [9.17, 15) is 14.0 Å². The Hall–Kier alpha value is -4.53. The lowest BCUT2D eigenvalue weighted by Gasteiger charge is -2.18. The third kappa shape index (κ3) is 5.04. The van der Waals surface area contributed by atoms with Crippen LogP contribution in [0.5, 0.6) is 0 Å². The molecule has 0 bridgehead atoms. The lowest BCUT2D eigenvalue weighted by molar-refractivity contribution is -0.118. The third-order valence-electron chi connectivity index (χ3n) is 5.04. The van der Waals surface area contributed by atoms with Crippen molar-refractivity contribution in [3.63, 3.8) is 0 Å². The van der Waals surface area contributed by atoms with Crippen LogP contribution in [-0.4, -0.2) is 27.8 Å². The van der Waals surface area contributed by atoms with Crippen LogP contribution in [0.2, 0.25) is 0 Å². The van der Waals surface area contributed by atoms with Crippen LogP contribution in [0.15, 0.2) is 72.9 Å². The monoisotopic (exact) mass is 444 g/mol. The largest absolute Gasteiger partial charge is 0.368 e. The summed E-state index contributed by atoms with van der Waals surface area (Å²) < 4.78 is 14.8. The maximum Gasteiger partial charge on any atom is 0.252 e. The van der Waals surface area contributed by atoms with Crippen molar-refractivity contribution in [3.05, 3.63) is 89.9 Å². The SMILES string of the molecule is NC(=O)c1cc(F)c(N[C@H](Cc2ccccc2)C(N)=O)nc1Nc1ccc2ncccc2c1. The molecule has 2 aromatic carbocycles. The zero-order valence-electron chi connectivity index (χ0n) is 17.5. The first-order valence-corrected chi connectivity index (χ1v) is 10.1. The average molecular weight is 444 g/mol. The first-order valence-electron chi connectivity index (χ1n) is 10.1. The molecule has 1 atom stereocenters. The van der Waals surface area contributed by atoms with Gasteiger partial charge in [-0.15, -0.1) is 0 Å². The number of aromatic nitrogens is 2. The number of nitrogens with two attached hydrogens (primary N) is 2. The topological polar surface area (TPSA) is 136 Å². The fourth-order valence-corrected chi connectivity index (χ4v) is 3.40. The summed E-state index contributed by atoms with van der Waals surface area (Å²) in [6, 6.07) is 18.3. The molecule has 0 saturated heterocycles. The van der Waals surface area contributed by atoms with Crippen molar-refractivity contribution >= 4 is 40.0 Å². The number of hydrogen-bond acceptors (Lipinski definition) is 6. The second kappa shape index (κ2) is 9.31. The van der Waals surface area contributed by atoms with Crippen LogP contribution in [0.3, 0.4) is 0 Å². The minimum atomic E-state index is -0.923. The molecular weight excluding hydrogens is 423 g/mol. The molecular formula is C24H21FN6O2. The number of carbonyl (C=O) groups excluding carboxylic acids is 2. The van der Waals surface area contributed by atoms with E-state index in [-0.39, 0.29) is 23.6 Å². The lowest BCUT2D eigenvalue weighted by atomic mass is 10.1. The molecule has 0 aliphatic heterocycles. The van der Waals surface area contributed by atoms with Gasteiger partial charge in [0.15, 0.2) is 11.6 Å². The summed E-state index contributed by atoms with van der Waals surface area (Å²) in [5.74, 6) is -2.55. The van der Waals surface area contributed by atoms with Crippen LogP contribution in [0.25, 0.3) is 10.9 Å². The fraction of sp³-hybridized carbons (Fsp3) is 0.0833. The van der Waals surface area contributed by atoms with Crippen molar-refractivity contribution in [2.45, 2.75) is 12.5 Å². The summed E-state index contributed by atoms with van der Waals surface area (Å²) in [6.07, 6.45) is 1.92. The van der Waals surface area contributed by atoms with Crippen molar-refractivity contribution in [2.24, 2.45) is 11.5 Å². The van der Waals surface area contributed by atoms with Crippen LogP contribution in [-0.2, 0) is 11.2 Å². The van der Waals surface area contributed by atoms with Gasteiger partial charge in [-0.05, 0) is 35.9 Å². The molecule has 0 unspecified atom stereocenters. The van der Waals surface area contributed by atoms with Crippen molar-refractivity contribution < 1.29 is 14.0 Å². The Bertz CT molecular complexity index is 1330. The number of hydrogen-bond donors (Lipinski definition) is 4. The van der Waals surface area contributed by atoms with Gasteiger partial charge in [0.2, 0.25) is 5.91 Å². The highest BCUT2D eigenvalue weighted by molar-refractivity contribution is 5.99. The van der Waals surface area contributed by atoms with Crippen LogP contribution >= 0.6 is 0 Å². The third-order valence-corrected chi connectivity index (χ3v) is 5.04. The summed E-state index contributed by atoms with van der Waals surface area (Å²) in [7, 11) is 0. The maximum absolute atomic E-state index is 14.8. The van der Waals surface area contributed by atoms with Gasteiger partial charge in [-0.25, -0.2) is 9.37 Å². The van der Waals surface area contributed by atoms with Gasteiger partial charge in [0.05, 0.1) is 11.1 Å². The summed E-state index contributed by atoms with van der Waals surface area (Å²) >= 11 is 0. The number of fused-ring (bicyclic) bond motifs is 1. The van der Waals surface area contributed by atoms with E-state index in [1.54, 1.807) is 24.4 Å². The van der Waals surface area contributed by atoms with Crippen LogP contribution in [0.1, 0.15) is 15.9 Å². The number of anilines is 3. The van der Waals surface area contributed by atoms with E-state index in [0.717, 1.165) is 22.5 Å². The molecule has 0 aliphatic carbocycles. The predicted octanol–water partition coefficient (Wildman–Crippen LogP) is 3.12. The zero-order chi connectivity index (χ0) is 23.4. The molecule has 2 aromatic heterocycles. The van der Waals surface area contributed by atoms with Crippen LogP contribution in [0, 0.1) is 5.82 Å². The molecule has 0 fully saturated rings. The van der Waals surface area contributed by atoms with Crippen LogP contribution in [0.4, 0.5) is 21.7 Å². The van der Waals surface area contributed by atoms with Crippen molar-refractivity contribution in [2.75, 3.05) is 10.6 Å². The average Bonchev–Trinajstić information content (AvgIpc) is 2.80. The summed E-state index contributed by atoms with van der Waals surface area (Å²) in [6.45, 7) is 0. The molecule has 33 heavy (non-hydrogen) atoms. The number of primary amides is 2. The van der Waals surface area contributed by atoms with Gasteiger partial charge in [0.25, 0.3) is 5.91 Å². The molecule has 2 amide bonds. The standard InChI is InChI=1S/C24H21FN6O2/c25-18-13-17(21(26)32)23(29-16-8-9-19-15(12-16)7-4-10-28-19)31-24(18)30-20(22(27)33)11-14-5-2-1-3-6-14/h1-10,12-13,20H,11H2,(H2,26,32)(H2,27,33)(H2,29,30,31)/t20-/m1/s1. The number of rotatable bonds is 8. The number of amides is 2. The van der Waals surface area contributed by atoms with Gasteiger partial charge in [0.1, 0.15) is 11.9 Å². The van der Waals surface area contributed by atoms with Gasteiger partial charge in [-0.2, -0.15) is 0 Å². The Kier molecular flexibility index (Phi) is 6.12. The van der Waals surface area contributed by atoms with Crippen LogP contribution < -0.4 is 22.1 Å². The second-order valence-electron chi connectivity index (χ2n) is 7.40. The molecule has 4 aromatic rings. The van der Waals surface area contributed by atoms with E-state index in [2.05, 4.69) is 20.6 Å². The first-order chi connectivity index (χ1) is 15.9. The van der Waals surface area contributed by atoms with Gasteiger partial charge in [-0.1, -0.05) is 36.4 Å². The summed E-state index contributed by atoms with van der Waals surface area (Å²) in [5, 5.41) is 6.62. The lowest BCUT2D eigenvalue weighted by Crippen LogP contribution is -2.38. The fourth-order valence-electron chi connectivity index (χ4n) is 3.40. The van der Waals surface area contributed by atoms with Gasteiger partial charge < -0.3 is 22.1 Å². The molecule has 0 saturated carbocycles. The number of halogens is 1. The Balaban J connectivity index is 1.66. The highest BCUT2D eigenvalue weighted by Crippen LogP contribution is 2.26. The number of nitrogens with one attached hydrogen (secondary N) is 2. The molecule has 8 nitrogen and oxygen atoms in total. The Morgan fingerprint density at radius 1 is 0.970 bits per heavy atom. The normalized spacial score (nSPS) is 11.7. The number of benzene rings is 2. The summed E-state index contributed by atoms with van der Waals surface area (Å²) in [5.41, 5.74) is 13.1. The highest BCUT2D eigenvalue weighted by Gasteiger charge is 2.21.